The van der Waals surface area contributed by atoms with Gasteiger partial charge in [-0.15, -0.1) is 0 Å². The molecule has 0 aliphatic rings. The summed E-state index contributed by atoms with van der Waals surface area (Å²) in [6.07, 6.45) is 0. The molecule has 3 nitrogen and oxygen atoms in total. The molecular weight excluding hydrogens is 281 g/mol. The first-order valence-corrected chi connectivity index (χ1v) is 6.21. The Bertz CT molecular complexity index is 873. The number of rotatable bonds is 1. The molecule has 1 heterocycles. The van der Waals surface area contributed by atoms with E-state index in [1.165, 1.54) is 24.3 Å². The van der Waals surface area contributed by atoms with Crippen LogP contribution in [0.1, 0.15) is 0 Å². The Hall–Kier alpha value is -2.33. The van der Waals surface area contributed by atoms with Crippen LogP contribution in [0.5, 0.6) is 0 Å². The summed E-state index contributed by atoms with van der Waals surface area (Å²) in [7, 11) is 0. The fourth-order valence-corrected chi connectivity index (χ4v) is 2.13. The van der Waals surface area contributed by atoms with Crippen molar-refractivity contribution in [1.29, 1.82) is 0 Å². The predicted octanol–water partition coefficient (Wildman–Crippen LogP) is 3.83. The summed E-state index contributed by atoms with van der Waals surface area (Å²) in [5, 5.41) is 0.907. The molecule has 3 aromatic rings. The van der Waals surface area contributed by atoms with Crippen LogP contribution in [-0.2, 0) is 0 Å². The van der Waals surface area contributed by atoms with Crippen molar-refractivity contribution in [2.45, 2.75) is 0 Å². The van der Waals surface area contributed by atoms with Crippen molar-refractivity contribution in [3.8, 4) is 11.3 Å². The van der Waals surface area contributed by atoms with E-state index in [1.54, 1.807) is 18.2 Å². The maximum absolute atomic E-state index is 13.2. The van der Waals surface area contributed by atoms with Gasteiger partial charge in [-0.25, -0.2) is 4.39 Å². The summed E-state index contributed by atoms with van der Waals surface area (Å²) >= 11 is 5.88. The zero-order chi connectivity index (χ0) is 14.3. The Balaban J connectivity index is 2.26. The molecule has 0 unspecified atom stereocenters. The Morgan fingerprint density at radius 1 is 1.10 bits per heavy atom. The van der Waals surface area contributed by atoms with Crippen LogP contribution in [0.25, 0.3) is 22.3 Å². The number of halogens is 2. The van der Waals surface area contributed by atoms with E-state index in [0.29, 0.717) is 27.3 Å². The zero-order valence-corrected chi connectivity index (χ0v) is 10.9. The molecule has 0 aliphatic carbocycles. The smallest absolute Gasteiger partial charge is 0.193 e. The molecule has 2 N–H and O–H groups in total. The first-order valence-electron chi connectivity index (χ1n) is 5.83. The second-order valence-electron chi connectivity index (χ2n) is 4.35. The summed E-state index contributed by atoms with van der Waals surface area (Å²) < 4.78 is 18.8. The molecule has 100 valence electrons. The second-order valence-corrected chi connectivity index (χ2v) is 4.79. The second kappa shape index (κ2) is 4.65. The van der Waals surface area contributed by atoms with Crippen molar-refractivity contribution < 1.29 is 8.81 Å². The monoisotopic (exact) mass is 289 g/mol. The Morgan fingerprint density at radius 2 is 1.90 bits per heavy atom. The van der Waals surface area contributed by atoms with E-state index in [0.717, 1.165) is 0 Å². The van der Waals surface area contributed by atoms with Gasteiger partial charge in [-0.05, 0) is 30.3 Å². The average Bonchev–Trinajstić information content (AvgIpc) is 2.41. The molecule has 0 saturated carbocycles. The van der Waals surface area contributed by atoms with Gasteiger partial charge >= 0.3 is 0 Å². The number of fused-ring (bicyclic) bond motifs is 1. The normalized spacial score (nSPS) is 10.9. The van der Waals surface area contributed by atoms with Gasteiger partial charge in [0, 0.05) is 22.7 Å². The zero-order valence-electron chi connectivity index (χ0n) is 10.2. The van der Waals surface area contributed by atoms with E-state index in [9.17, 15) is 9.18 Å². The molecule has 0 spiro atoms. The van der Waals surface area contributed by atoms with Gasteiger partial charge in [0.05, 0.1) is 11.1 Å². The fraction of sp³-hybridized carbons (Fsp3) is 0. The Kier molecular flexibility index (Phi) is 2.95. The van der Waals surface area contributed by atoms with Crippen LogP contribution in [0.4, 0.5) is 10.1 Å². The van der Waals surface area contributed by atoms with Crippen molar-refractivity contribution in [3.63, 3.8) is 0 Å². The van der Waals surface area contributed by atoms with Crippen molar-refractivity contribution >= 4 is 28.3 Å². The highest BCUT2D eigenvalue weighted by Crippen LogP contribution is 2.26. The van der Waals surface area contributed by atoms with Gasteiger partial charge in [0.25, 0.3) is 0 Å². The van der Waals surface area contributed by atoms with Gasteiger partial charge in [-0.3, -0.25) is 4.79 Å². The molecule has 0 aliphatic heterocycles. The number of nitrogens with two attached hydrogens (primary N) is 1. The van der Waals surface area contributed by atoms with Crippen LogP contribution in [0.3, 0.4) is 0 Å². The lowest BCUT2D eigenvalue weighted by Crippen LogP contribution is -2.00. The molecule has 0 bridgehead atoms. The summed E-state index contributed by atoms with van der Waals surface area (Å²) in [6.45, 7) is 0. The van der Waals surface area contributed by atoms with Crippen molar-refractivity contribution in [2.24, 2.45) is 0 Å². The number of hydrogen-bond acceptors (Lipinski definition) is 3. The largest absolute Gasteiger partial charge is 0.456 e. The molecule has 0 amide bonds. The number of nitrogen functional groups attached to an aromatic ring is 1. The van der Waals surface area contributed by atoms with Crippen LogP contribution < -0.4 is 11.2 Å². The van der Waals surface area contributed by atoms with Crippen molar-refractivity contribution in [1.82, 2.24) is 0 Å². The highest BCUT2D eigenvalue weighted by Gasteiger charge is 2.09. The van der Waals surface area contributed by atoms with Gasteiger partial charge < -0.3 is 10.2 Å². The predicted molar refractivity (Wildman–Crippen MR) is 77.3 cm³/mol. The number of benzene rings is 2. The highest BCUT2D eigenvalue weighted by molar-refractivity contribution is 6.31. The maximum atomic E-state index is 13.2. The van der Waals surface area contributed by atoms with E-state index < -0.39 is 5.82 Å². The standard InChI is InChI=1S/C15H9ClFNO2/c16-9-2-3-10-13(19)7-14(20-15(10)6-9)8-1-4-11(17)12(18)5-8/h1-7H,18H2. The molecule has 20 heavy (non-hydrogen) atoms. The topological polar surface area (TPSA) is 56.2 Å². The van der Waals surface area contributed by atoms with Crippen molar-refractivity contribution in [3.05, 3.63) is 63.5 Å². The summed E-state index contributed by atoms with van der Waals surface area (Å²) in [5.74, 6) is -0.198. The third-order valence-corrected chi connectivity index (χ3v) is 3.21. The van der Waals surface area contributed by atoms with Gasteiger partial charge in [-0.1, -0.05) is 11.6 Å². The maximum Gasteiger partial charge on any atom is 0.193 e. The van der Waals surface area contributed by atoms with Crippen LogP contribution in [0.15, 0.2) is 51.7 Å². The highest BCUT2D eigenvalue weighted by atomic mass is 35.5. The average molecular weight is 290 g/mol. The number of anilines is 1. The van der Waals surface area contributed by atoms with Crippen LogP contribution >= 0.6 is 11.6 Å². The lowest BCUT2D eigenvalue weighted by atomic mass is 10.1. The molecule has 0 fully saturated rings. The molecule has 0 saturated heterocycles. The van der Waals surface area contributed by atoms with E-state index >= 15 is 0 Å². The van der Waals surface area contributed by atoms with E-state index in [-0.39, 0.29) is 11.1 Å². The third-order valence-electron chi connectivity index (χ3n) is 2.97. The Morgan fingerprint density at radius 3 is 2.65 bits per heavy atom. The summed E-state index contributed by atoms with van der Waals surface area (Å²) in [5.41, 5.74) is 6.23. The Labute approximate surface area is 118 Å². The van der Waals surface area contributed by atoms with Crippen LogP contribution in [0, 0.1) is 5.82 Å². The van der Waals surface area contributed by atoms with E-state index in [1.807, 2.05) is 0 Å². The summed E-state index contributed by atoms with van der Waals surface area (Å²) in [6, 6.07) is 10.3. The van der Waals surface area contributed by atoms with Gasteiger partial charge in [-0.2, -0.15) is 0 Å². The minimum absolute atomic E-state index is 0.00339. The molecule has 0 atom stereocenters. The molecular formula is C15H9ClFNO2. The lowest BCUT2D eigenvalue weighted by Gasteiger charge is -2.05. The molecule has 1 aromatic heterocycles. The molecule has 2 aromatic carbocycles. The van der Waals surface area contributed by atoms with Crippen LogP contribution in [0.2, 0.25) is 5.02 Å². The minimum Gasteiger partial charge on any atom is -0.456 e. The quantitative estimate of drug-likeness (QED) is 0.693. The van der Waals surface area contributed by atoms with Crippen LogP contribution in [-0.4, -0.2) is 0 Å². The first kappa shape index (κ1) is 12.7. The lowest BCUT2D eigenvalue weighted by molar-refractivity contribution is 0.616. The van der Waals surface area contributed by atoms with Gasteiger partial charge in [0.1, 0.15) is 17.2 Å². The SMILES string of the molecule is Nc1cc(-c2cc(=O)c3ccc(Cl)cc3o2)ccc1F. The molecule has 3 rings (SSSR count). The molecule has 5 heteroatoms. The van der Waals surface area contributed by atoms with Gasteiger partial charge in [0.2, 0.25) is 0 Å². The fourth-order valence-electron chi connectivity index (χ4n) is 1.97. The minimum atomic E-state index is -0.514. The van der Waals surface area contributed by atoms with E-state index in [4.69, 9.17) is 21.8 Å². The molecule has 0 radical (unpaired) electrons. The first-order chi connectivity index (χ1) is 9.54. The van der Waals surface area contributed by atoms with Gasteiger partial charge in [0.15, 0.2) is 5.43 Å². The summed E-state index contributed by atoms with van der Waals surface area (Å²) in [4.78, 5) is 12.0. The number of hydrogen-bond donors (Lipinski definition) is 1. The van der Waals surface area contributed by atoms with E-state index in [2.05, 4.69) is 0 Å². The third kappa shape index (κ3) is 2.14. The van der Waals surface area contributed by atoms with Crippen molar-refractivity contribution in [2.75, 3.05) is 5.73 Å².